The molecule has 0 atom stereocenters. The molecule has 0 fully saturated rings. The highest BCUT2D eigenvalue weighted by molar-refractivity contribution is 5.56. The van der Waals surface area contributed by atoms with Crippen molar-refractivity contribution in [1.82, 2.24) is 15.0 Å². The van der Waals surface area contributed by atoms with E-state index in [1.165, 1.54) is 11.1 Å². The Hall–Kier alpha value is -2.66. The van der Waals surface area contributed by atoms with Gasteiger partial charge in [0.2, 0.25) is 11.7 Å². The van der Waals surface area contributed by atoms with Crippen LogP contribution < -0.4 is 4.74 Å². The zero-order valence-corrected chi connectivity index (χ0v) is 13.6. The van der Waals surface area contributed by atoms with Gasteiger partial charge in [0.05, 0.1) is 13.7 Å². The Morgan fingerprint density at radius 3 is 2.88 bits per heavy atom. The molecule has 5 heteroatoms. The summed E-state index contributed by atoms with van der Waals surface area (Å²) in [7, 11) is 1.65. The van der Waals surface area contributed by atoms with Crippen LogP contribution in [0.25, 0.3) is 11.4 Å². The summed E-state index contributed by atoms with van der Waals surface area (Å²) < 4.78 is 10.7. The number of hydrogen-bond donors (Lipinski definition) is 0. The summed E-state index contributed by atoms with van der Waals surface area (Å²) in [6, 6.07) is 16.3. The molecule has 1 aliphatic rings. The highest BCUT2D eigenvalue weighted by Gasteiger charge is 2.18. The third-order valence-electron chi connectivity index (χ3n) is 4.36. The standard InChI is InChI=1S/C19H19N3O2/c1-23-17-8-4-7-15(11-17)19-20-18(24-21-19)13-22-10-9-14-5-2-3-6-16(14)12-22/h2-8,11H,9-10,12-13H2,1H3. The topological polar surface area (TPSA) is 51.4 Å². The number of hydrogen-bond acceptors (Lipinski definition) is 5. The lowest BCUT2D eigenvalue weighted by Gasteiger charge is -2.27. The van der Waals surface area contributed by atoms with Crippen LogP contribution in [0.4, 0.5) is 0 Å². The maximum atomic E-state index is 5.44. The number of ether oxygens (including phenoxy) is 1. The van der Waals surface area contributed by atoms with E-state index in [1.807, 2.05) is 24.3 Å². The molecule has 1 aliphatic heterocycles. The zero-order valence-electron chi connectivity index (χ0n) is 13.6. The molecule has 0 saturated heterocycles. The molecule has 2 heterocycles. The normalized spacial score (nSPS) is 14.4. The quantitative estimate of drug-likeness (QED) is 0.738. The van der Waals surface area contributed by atoms with E-state index in [0.29, 0.717) is 18.3 Å². The van der Waals surface area contributed by atoms with E-state index in [-0.39, 0.29) is 0 Å². The van der Waals surface area contributed by atoms with E-state index in [0.717, 1.165) is 30.8 Å². The van der Waals surface area contributed by atoms with Crippen molar-refractivity contribution in [2.45, 2.75) is 19.5 Å². The molecule has 0 unspecified atom stereocenters. The SMILES string of the molecule is COc1cccc(-c2noc(CN3CCc4ccccc4C3)n2)c1. The van der Waals surface area contributed by atoms with Crippen LogP contribution in [-0.2, 0) is 19.5 Å². The maximum absolute atomic E-state index is 5.44. The molecule has 0 N–H and O–H groups in total. The van der Waals surface area contributed by atoms with Crippen molar-refractivity contribution >= 4 is 0 Å². The average Bonchev–Trinajstić information content (AvgIpc) is 3.10. The van der Waals surface area contributed by atoms with E-state index >= 15 is 0 Å². The summed E-state index contributed by atoms with van der Waals surface area (Å²) in [4.78, 5) is 6.87. The maximum Gasteiger partial charge on any atom is 0.241 e. The molecule has 5 nitrogen and oxygen atoms in total. The Labute approximate surface area is 140 Å². The van der Waals surface area contributed by atoms with E-state index in [9.17, 15) is 0 Å². The Morgan fingerprint density at radius 1 is 1.12 bits per heavy atom. The van der Waals surface area contributed by atoms with Crippen molar-refractivity contribution in [2.24, 2.45) is 0 Å². The molecular weight excluding hydrogens is 302 g/mol. The van der Waals surface area contributed by atoms with Gasteiger partial charge in [0.25, 0.3) is 0 Å². The third-order valence-corrected chi connectivity index (χ3v) is 4.36. The van der Waals surface area contributed by atoms with Crippen LogP contribution in [0.15, 0.2) is 53.1 Å². The monoisotopic (exact) mass is 321 g/mol. The lowest BCUT2D eigenvalue weighted by atomic mass is 10.00. The van der Waals surface area contributed by atoms with Gasteiger partial charge in [0.15, 0.2) is 0 Å². The van der Waals surface area contributed by atoms with Gasteiger partial charge in [-0.1, -0.05) is 41.6 Å². The van der Waals surface area contributed by atoms with Gasteiger partial charge in [-0.2, -0.15) is 4.98 Å². The summed E-state index contributed by atoms with van der Waals surface area (Å²) in [6.07, 6.45) is 1.06. The first-order valence-corrected chi connectivity index (χ1v) is 8.08. The van der Waals surface area contributed by atoms with Crippen LogP contribution in [0.3, 0.4) is 0 Å². The van der Waals surface area contributed by atoms with Gasteiger partial charge in [0.1, 0.15) is 5.75 Å². The minimum atomic E-state index is 0.598. The van der Waals surface area contributed by atoms with Crippen LogP contribution in [-0.4, -0.2) is 28.7 Å². The zero-order chi connectivity index (χ0) is 16.4. The molecule has 0 aliphatic carbocycles. The number of rotatable bonds is 4. The van der Waals surface area contributed by atoms with Gasteiger partial charge in [0, 0.05) is 18.7 Å². The predicted octanol–water partition coefficient (Wildman–Crippen LogP) is 3.30. The van der Waals surface area contributed by atoms with Crippen molar-refractivity contribution < 1.29 is 9.26 Å². The molecule has 0 bridgehead atoms. The number of fused-ring (bicyclic) bond motifs is 1. The molecule has 0 radical (unpaired) electrons. The molecule has 0 saturated carbocycles. The number of benzene rings is 2. The van der Waals surface area contributed by atoms with Crippen molar-refractivity contribution in [3.05, 3.63) is 65.5 Å². The van der Waals surface area contributed by atoms with Crippen molar-refractivity contribution in [3.63, 3.8) is 0 Å². The van der Waals surface area contributed by atoms with Gasteiger partial charge in [-0.3, -0.25) is 4.90 Å². The van der Waals surface area contributed by atoms with Crippen LogP contribution in [0, 0.1) is 0 Å². The van der Waals surface area contributed by atoms with Crippen LogP contribution in [0.1, 0.15) is 17.0 Å². The fraction of sp³-hybridized carbons (Fsp3) is 0.263. The molecule has 122 valence electrons. The Kier molecular flexibility index (Phi) is 4.01. The molecule has 1 aromatic heterocycles. The van der Waals surface area contributed by atoms with E-state index in [4.69, 9.17) is 9.26 Å². The van der Waals surface area contributed by atoms with Crippen LogP contribution in [0.2, 0.25) is 0 Å². The summed E-state index contributed by atoms with van der Waals surface area (Å²) in [6.45, 7) is 2.60. The number of nitrogens with zero attached hydrogens (tertiary/aromatic N) is 3. The van der Waals surface area contributed by atoms with Crippen molar-refractivity contribution in [3.8, 4) is 17.1 Å². The second-order valence-electron chi connectivity index (χ2n) is 5.97. The Bertz CT molecular complexity index is 844. The van der Waals surface area contributed by atoms with E-state index in [2.05, 4.69) is 39.3 Å². The molecule has 3 aromatic rings. The lowest BCUT2D eigenvalue weighted by molar-refractivity contribution is 0.210. The fourth-order valence-electron chi connectivity index (χ4n) is 3.08. The van der Waals surface area contributed by atoms with Crippen LogP contribution in [0.5, 0.6) is 5.75 Å². The molecule has 24 heavy (non-hydrogen) atoms. The minimum absolute atomic E-state index is 0.598. The minimum Gasteiger partial charge on any atom is -0.497 e. The molecule has 4 rings (SSSR count). The first-order chi connectivity index (χ1) is 11.8. The van der Waals surface area contributed by atoms with Crippen molar-refractivity contribution in [2.75, 3.05) is 13.7 Å². The highest BCUT2D eigenvalue weighted by atomic mass is 16.5. The van der Waals surface area contributed by atoms with Gasteiger partial charge in [-0.25, -0.2) is 0 Å². The second kappa shape index (κ2) is 6.45. The summed E-state index contributed by atoms with van der Waals surface area (Å²) in [5.74, 6) is 2.03. The first-order valence-electron chi connectivity index (χ1n) is 8.08. The van der Waals surface area contributed by atoms with Crippen LogP contribution >= 0.6 is 0 Å². The molecule has 0 spiro atoms. The van der Waals surface area contributed by atoms with E-state index < -0.39 is 0 Å². The summed E-state index contributed by atoms with van der Waals surface area (Å²) in [5.41, 5.74) is 3.72. The van der Waals surface area contributed by atoms with E-state index in [1.54, 1.807) is 7.11 Å². The second-order valence-corrected chi connectivity index (χ2v) is 5.97. The largest absolute Gasteiger partial charge is 0.497 e. The number of methoxy groups -OCH3 is 1. The summed E-state index contributed by atoms with van der Waals surface area (Å²) in [5, 5.41) is 4.10. The third kappa shape index (κ3) is 3.03. The van der Waals surface area contributed by atoms with Crippen molar-refractivity contribution in [1.29, 1.82) is 0 Å². The summed E-state index contributed by atoms with van der Waals surface area (Å²) >= 11 is 0. The predicted molar refractivity (Wildman–Crippen MR) is 90.5 cm³/mol. The Balaban J connectivity index is 1.48. The van der Waals surface area contributed by atoms with Gasteiger partial charge < -0.3 is 9.26 Å². The first kappa shape index (κ1) is 14.9. The molecular formula is C19H19N3O2. The van der Waals surface area contributed by atoms with Gasteiger partial charge >= 0.3 is 0 Å². The smallest absolute Gasteiger partial charge is 0.241 e. The average molecular weight is 321 g/mol. The number of aromatic nitrogens is 2. The molecule has 2 aromatic carbocycles. The molecule has 0 amide bonds. The highest BCUT2D eigenvalue weighted by Crippen LogP contribution is 2.23. The van der Waals surface area contributed by atoms with Gasteiger partial charge in [-0.15, -0.1) is 0 Å². The van der Waals surface area contributed by atoms with Gasteiger partial charge in [-0.05, 0) is 29.7 Å². The lowest BCUT2D eigenvalue weighted by Crippen LogP contribution is -2.30. The fourth-order valence-corrected chi connectivity index (χ4v) is 3.08. The Morgan fingerprint density at radius 2 is 2.00 bits per heavy atom.